The Kier molecular flexibility index (Phi) is 5.29. The van der Waals surface area contributed by atoms with Gasteiger partial charge in [0.15, 0.2) is 9.84 Å². The molecule has 6 rings (SSSR count). The molecule has 1 aliphatic rings. The normalized spacial score (nSPS) is 14.1. The molecule has 9 heteroatoms. The molecular weight excluding hydrogens is 462 g/mol. The second-order valence-corrected chi connectivity index (χ2v) is 11.3. The lowest BCUT2D eigenvalue weighted by atomic mass is 9.99. The molecule has 0 amide bonds. The first-order chi connectivity index (χ1) is 17.0. The van der Waals surface area contributed by atoms with E-state index in [1.807, 2.05) is 37.4 Å². The van der Waals surface area contributed by atoms with Crippen molar-refractivity contribution in [2.75, 3.05) is 6.61 Å². The number of fused-ring (bicyclic) bond motifs is 3. The number of nitrogens with one attached hydrogen (secondary N) is 2. The zero-order chi connectivity index (χ0) is 24.0. The number of aryl methyl sites for hydroxylation is 2. The van der Waals surface area contributed by atoms with E-state index in [9.17, 15) is 8.42 Å². The molecule has 0 unspecified atom stereocenters. The van der Waals surface area contributed by atoms with Crippen LogP contribution in [0.1, 0.15) is 30.5 Å². The fourth-order valence-corrected chi connectivity index (χ4v) is 6.22. The van der Waals surface area contributed by atoms with Crippen LogP contribution < -0.4 is 4.74 Å². The number of nitrogens with zero attached hydrogens (tertiary/aromatic N) is 3. The number of pyridine rings is 1. The third kappa shape index (κ3) is 4.05. The van der Waals surface area contributed by atoms with Gasteiger partial charge in [0.2, 0.25) is 0 Å². The summed E-state index contributed by atoms with van der Waals surface area (Å²) in [6.07, 6.45) is 6.61. The van der Waals surface area contributed by atoms with E-state index in [2.05, 4.69) is 31.4 Å². The molecule has 0 atom stereocenters. The van der Waals surface area contributed by atoms with Crippen LogP contribution in [-0.4, -0.2) is 45.7 Å². The highest BCUT2D eigenvalue weighted by molar-refractivity contribution is 7.92. The van der Waals surface area contributed by atoms with Gasteiger partial charge in [-0.15, -0.1) is 0 Å². The number of sulfone groups is 1. The summed E-state index contributed by atoms with van der Waals surface area (Å²) >= 11 is 0. The van der Waals surface area contributed by atoms with Gasteiger partial charge in [-0.1, -0.05) is 12.1 Å². The van der Waals surface area contributed by atoms with Crippen LogP contribution in [0, 0.1) is 6.92 Å². The predicted molar refractivity (Wildman–Crippen MR) is 134 cm³/mol. The van der Waals surface area contributed by atoms with Crippen LogP contribution in [0.2, 0.25) is 0 Å². The van der Waals surface area contributed by atoms with Crippen LogP contribution in [-0.2, 0) is 16.3 Å². The zero-order valence-corrected chi connectivity index (χ0v) is 20.1. The van der Waals surface area contributed by atoms with Crippen LogP contribution in [0.4, 0.5) is 0 Å². The first-order valence-electron chi connectivity index (χ1n) is 11.7. The van der Waals surface area contributed by atoms with Crippen LogP contribution in [0.5, 0.6) is 5.75 Å². The second kappa shape index (κ2) is 8.49. The van der Waals surface area contributed by atoms with Gasteiger partial charge in [0, 0.05) is 17.0 Å². The molecule has 0 aliphatic heterocycles. The van der Waals surface area contributed by atoms with Gasteiger partial charge in [-0.25, -0.2) is 13.4 Å². The van der Waals surface area contributed by atoms with Crippen molar-refractivity contribution in [3.05, 3.63) is 66.1 Å². The maximum Gasteiger partial charge on any atom is 0.181 e. The molecular formula is C26H25N5O3S. The minimum atomic E-state index is -3.28. The van der Waals surface area contributed by atoms with E-state index in [0.29, 0.717) is 11.5 Å². The maximum absolute atomic E-state index is 12.9. The number of benzene rings is 2. The molecule has 0 bridgehead atoms. The Morgan fingerprint density at radius 3 is 2.80 bits per heavy atom. The van der Waals surface area contributed by atoms with E-state index >= 15 is 0 Å². The lowest BCUT2D eigenvalue weighted by Crippen LogP contribution is -2.06. The van der Waals surface area contributed by atoms with Crippen molar-refractivity contribution in [1.82, 2.24) is 25.4 Å². The molecule has 1 saturated carbocycles. The predicted octanol–water partition coefficient (Wildman–Crippen LogP) is 4.76. The van der Waals surface area contributed by atoms with Crippen molar-refractivity contribution < 1.29 is 13.2 Å². The summed E-state index contributed by atoms with van der Waals surface area (Å²) in [6.45, 7) is 2.54. The van der Waals surface area contributed by atoms with Crippen LogP contribution in [0.25, 0.3) is 33.1 Å². The molecule has 35 heavy (non-hydrogen) atoms. The highest BCUT2D eigenvalue weighted by atomic mass is 32.2. The van der Waals surface area contributed by atoms with Gasteiger partial charge in [0.05, 0.1) is 34.2 Å². The van der Waals surface area contributed by atoms with Crippen molar-refractivity contribution in [2.45, 2.75) is 42.8 Å². The molecule has 1 aliphatic carbocycles. The Morgan fingerprint density at radius 1 is 1.11 bits per heavy atom. The standard InChI is InChI=1S/C26H25N5O3S/c1-16-12-22-24-21(17-4-2-6-20(13-17)35(32,33)19-7-8-19)9-10-23(25(24)29-26(22)27-14-16)34-11-3-5-18-15-28-31-30-18/h2,4,6,9-10,12-15,19H,3,5,7-8,11H2,1H3,(H,27,29)(H,28,30,31). The van der Waals surface area contributed by atoms with E-state index in [0.717, 1.165) is 75.8 Å². The van der Waals surface area contributed by atoms with Crippen molar-refractivity contribution >= 4 is 31.8 Å². The van der Waals surface area contributed by atoms with E-state index in [-0.39, 0.29) is 5.25 Å². The Bertz CT molecular complexity index is 1640. The number of H-pyrrole nitrogens is 2. The Balaban J connectivity index is 1.41. The van der Waals surface area contributed by atoms with Crippen LogP contribution >= 0.6 is 0 Å². The number of aromatic nitrogens is 5. The Morgan fingerprint density at radius 2 is 2.00 bits per heavy atom. The average molecular weight is 488 g/mol. The lowest BCUT2D eigenvalue weighted by Gasteiger charge is -2.12. The molecule has 8 nitrogen and oxygen atoms in total. The summed E-state index contributed by atoms with van der Waals surface area (Å²) in [5, 5.41) is 12.3. The Labute approximate surface area is 202 Å². The molecule has 3 aromatic heterocycles. The fourth-order valence-electron chi connectivity index (χ4n) is 4.52. The molecule has 3 heterocycles. The van der Waals surface area contributed by atoms with Crippen molar-refractivity contribution in [3.63, 3.8) is 0 Å². The summed E-state index contributed by atoms with van der Waals surface area (Å²) in [7, 11) is -3.28. The van der Waals surface area contributed by atoms with E-state index in [1.165, 1.54) is 0 Å². The molecule has 5 aromatic rings. The number of aromatic amines is 2. The van der Waals surface area contributed by atoms with Gasteiger partial charge >= 0.3 is 0 Å². The molecule has 178 valence electrons. The largest absolute Gasteiger partial charge is 0.491 e. The highest BCUT2D eigenvalue weighted by Crippen LogP contribution is 2.40. The SMILES string of the molecule is Cc1cnc2[nH]c3c(OCCCc4cn[nH]n4)ccc(-c4cccc(S(=O)(=O)C5CC5)c4)c3c2c1. The molecule has 2 aromatic carbocycles. The van der Waals surface area contributed by atoms with E-state index in [4.69, 9.17) is 4.74 Å². The summed E-state index contributed by atoms with van der Waals surface area (Å²) < 4.78 is 31.9. The molecule has 0 spiro atoms. The van der Waals surface area contributed by atoms with Gasteiger partial charge < -0.3 is 9.72 Å². The third-order valence-electron chi connectivity index (χ3n) is 6.44. The van der Waals surface area contributed by atoms with Crippen molar-refractivity contribution in [2.24, 2.45) is 0 Å². The summed E-state index contributed by atoms with van der Waals surface area (Å²) in [5.41, 5.74) is 5.38. The number of rotatable bonds is 8. The van der Waals surface area contributed by atoms with Gasteiger partial charge in [-0.2, -0.15) is 15.4 Å². The second-order valence-electron chi connectivity index (χ2n) is 9.08. The molecule has 1 fully saturated rings. The Hall–Kier alpha value is -3.72. The minimum Gasteiger partial charge on any atom is -0.491 e. The number of hydrogen-bond donors (Lipinski definition) is 2. The first-order valence-corrected chi connectivity index (χ1v) is 13.3. The van der Waals surface area contributed by atoms with Crippen LogP contribution in [0.3, 0.4) is 0 Å². The van der Waals surface area contributed by atoms with Crippen molar-refractivity contribution in [1.29, 1.82) is 0 Å². The summed E-state index contributed by atoms with van der Waals surface area (Å²) in [5.74, 6) is 0.737. The topological polar surface area (TPSA) is 114 Å². The maximum atomic E-state index is 12.9. The molecule has 0 saturated heterocycles. The minimum absolute atomic E-state index is 0.245. The fraction of sp³-hybridized carbons (Fsp3) is 0.269. The number of hydrogen-bond acceptors (Lipinski definition) is 6. The average Bonchev–Trinajstić information content (AvgIpc) is 3.49. The number of ether oxygens (including phenoxy) is 1. The van der Waals surface area contributed by atoms with E-state index < -0.39 is 9.84 Å². The quantitative estimate of drug-likeness (QED) is 0.305. The van der Waals surface area contributed by atoms with Gasteiger partial charge in [0.1, 0.15) is 11.4 Å². The molecule has 2 N–H and O–H groups in total. The first kappa shape index (κ1) is 21.8. The van der Waals surface area contributed by atoms with Crippen LogP contribution in [0.15, 0.2) is 59.8 Å². The lowest BCUT2D eigenvalue weighted by molar-refractivity contribution is 0.313. The monoisotopic (exact) mass is 487 g/mol. The zero-order valence-electron chi connectivity index (χ0n) is 19.3. The third-order valence-corrected chi connectivity index (χ3v) is 8.70. The van der Waals surface area contributed by atoms with E-state index in [1.54, 1.807) is 18.3 Å². The van der Waals surface area contributed by atoms with Gasteiger partial charge in [-0.3, -0.25) is 0 Å². The summed E-state index contributed by atoms with van der Waals surface area (Å²) in [6, 6.07) is 13.3. The smallest absolute Gasteiger partial charge is 0.181 e. The summed E-state index contributed by atoms with van der Waals surface area (Å²) in [4.78, 5) is 8.40. The highest BCUT2D eigenvalue weighted by Gasteiger charge is 2.37. The van der Waals surface area contributed by atoms with Crippen molar-refractivity contribution in [3.8, 4) is 16.9 Å². The van der Waals surface area contributed by atoms with Gasteiger partial charge in [0.25, 0.3) is 0 Å². The van der Waals surface area contributed by atoms with Gasteiger partial charge in [-0.05, 0) is 79.6 Å². The molecule has 0 radical (unpaired) electrons.